The monoisotopic (exact) mass is 117 g/mol. The van der Waals surface area contributed by atoms with Crippen LogP contribution in [-0.2, 0) is 0 Å². The summed E-state index contributed by atoms with van der Waals surface area (Å²) in [5.41, 5.74) is 0. The highest BCUT2D eigenvalue weighted by Crippen LogP contribution is 1.85. The van der Waals surface area contributed by atoms with Gasteiger partial charge in [0.05, 0.1) is 6.20 Å². The van der Waals surface area contributed by atoms with Crippen molar-refractivity contribution in [3.8, 4) is 0 Å². The largest absolute Gasteiger partial charge is 0.379 e. The first-order chi connectivity index (χ1) is 3.50. The molecule has 1 heterocycles. The minimum absolute atomic E-state index is 0.831. The highest BCUT2D eigenvalue weighted by molar-refractivity contribution is 6.93. The van der Waals surface area contributed by atoms with Crippen molar-refractivity contribution in [3.63, 3.8) is 0 Å². The average Bonchev–Trinajstić information content (AvgIpc) is 1.90. The van der Waals surface area contributed by atoms with Crippen molar-refractivity contribution in [2.75, 3.05) is 0 Å². The normalized spacial score (nSPS) is 8.00. The molecule has 4 heteroatoms. The van der Waals surface area contributed by atoms with E-state index in [2.05, 4.69) is 13.0 Å². The molecule has 0 radical (unpaired) electrons. The summed E-state index contributed by atoms with van der Waals surface area (Å²) < 4.78 is 8.98. The molecule has 0 aliphatic heterocycles. The third-order valence-corrected chi connectivity index (χ3v) is 0.730. The lowest BCUT2D eigenvalue weighted by atomic mass is 10.8. The van der Waals surface area contributed by atoms with Crippen molar-refractivity contribution in [2.45, 2.75) is 0 Å². The number of rotatable bonds is 0. The zero-order valence-electron chi connectivity index (χ0n) is 3.40. The summed E-state index contributed by atoms with van der Waals surface area (Å²) in [6.45, 7) is 0. The van der Waals surface area contributed by atoms with Crippen molar-refractivity contribution >= 4 is 11.9 Å². The molecule has 38 valence electrons. The molecule has 0 atom stereocenters. The summed E-state index contributed by atoms with van der Waals surface area (Å²) in [6, 6.07) is 1.64. The smallest absolute Gasteiger partial charge is 0.266 e. The third kappa shape index (κ3) is 1.41. The predicted octanol–water partition coefficient (Wildman–Crippen LogP) is 1.45. The Bertz CT molecular complexity index is 101. The van der Waals surface area contributed by atoms with Gasteiger partial charge in [-0.25, -0.2) is 0 Å². The fourth-order valence-electron chi connectivity index (χ4n) is 0.185. The second-order valence-electron chi connectivity index (χ2n) is 0.822. The van der Waals surface area contributed by atoms with Crippen LogP contribution in [0, 0.1) is 0 Å². The maximum absolute atomic E-state index is 4.58. The number of hydrogen-bond acceptors (Lipinski definition) is 4. The molecule has 0 saturated heterocycles. The Kier molecular flexibility index (Phi) is 1.51. The van der Waals surface area contributed by atoms with E-state index in [1.165, 1.54) is 12.5 Å². The quantitative estimate of drug-likeness (QED) is 0.516. The van der Waals surface area contributed by atoms with Crippen LogP contribution in [0.1, 0.15) is 0 Å². The Labute approximate surface area is 44.3 Å². The summed E-state index contributed by atoms with van der Waals surface area (Å²) in [7, 11) is 0. The van der Waals surface area contributed by atoms with Gasteiger partial charge in [0, 0.05) is 0 Å². The second kappa shape index (κ2) is 2.41. The van der Waals surface area contributed by atoms with Gasteiger partial charge in [0.25, 0.3) is 11.9 Å². The molecule has 1 aromatic heterocycles. The van der Waals surface area contributed by atoms with Crippen LogP contribution < -0.4 is 0 Å². The molecule has 0 N–H and O–H groups in total. The van der Waals surface area contributed by atoms with Crippen molar-refractivity contribution in [1.82, 2.24) is 5.16 Å². The zero-order chi connectivity index (χ0) is 4.95. The van der Waals surface area contributed by atoms with Crippen LogP contribution >= 0.6 is 11.9 Å². The van der Waals surface area contributed by atoms with Gasteiger partial charge in [-0.1, -0.05) is 5.16 Å². The molecule has 0 aliphatic rings. The highest BCUT2D eigenvalue weighted by Gasteiger charge is 1.62. The van der Waals surface area contributed by atoms with Gasteiger partial charge in [-0.3, -0.25) is 3.96 Å². The molecule has 0 aromatic carbocycles. The minimum Gasteiger partial charge on any atom is -0.379 e. The highest BCUT2D eigenvalue weighted by atomic mass is 32.1. The van der Waals surface area contributed by atoms with E-state index in [4.69, 9.17) is 0 Å². The molecule has 1 aromatic rings. The van der Waals surface area contributed by atoms with Gasteiger partial charge in [-0.15, -0.1) is 0 Å². The molecule has 7 heavy (non-hydrogen) atoms. The van der Waals surface area contributed by atoms with E-state index in [9.17, 15) is 0 Å². The van der Waals surface area contributed by atoms with Crippen LogP contribution in [0.15, 0.2) is 26.3 Å². The summed E-state index contributed by atoms with van der Waals surface area (Å²) >= 11 is 0.831. The van der Waals surface area contributed by atoms with Crippen LogP contribution in [0.25, 0.3) is 0 Å². The van der Waals surface area contributed by atoms with Crippen molar-refractivity contribution < 1.29 is 7.80 Å². The van der Waals surface area contributed by atoms with Crippen LogP contribution in [0.3, 0.4) is 0 Å². The van der Waals surface area contributed by atoms with Gasteiger partial charge in [-0.05, 0) is 6.07 Å². The topological polar surface area (TPSA) is 39.2 Å². The summed E-state index contributed by atoms with van der Waals surface area (Å²) in [5.74, 6) is 0. The lowest BCUT2D eigenvalue weighted by Crippen LogP contribution is -1.46. The fourth-order valence-corrected chi connectivity index (χ4v) is 0.414. The summed E-state index contributed by atoms with van der Waals surface area (Å²) in [6.07, 6.45) is 2.99. The molecule has 0 fully saturated rings. The lowest BCUT2D eigenvalue weighted by molar-refractivity contribution is 0.481. The molecule has 0 spiro atoms. The predicted molar refractivity (Wildman–Crippen MR) is 24.3 cm³/mol. The van der Waals surface area contributed by atoms with E-state index in [1.54, 1.807) is 6.07 Å². The van der Waals surface area contributed by atoms with Gasteiger partial charge in [-0.2, -0.15) is 0 Å². The third-order valence-electron chi connectivity index (χ3n) is 0.394. The minimum atomic E-state index is 0.831. The van der Waals surface area contributed by atoms with Gasteiger partial charge in [0.1, 0.15) is 6.26 Å². The molecule has 3 nitrogen and oxygen atoms in total. The maximum atomic E-state index is 4.58. The van der Waals surface area contributed by atoms with E-state index in [0.717, 1.165) is 11.9 Å². The Hall–Kier alpha value is -0.770. The first-order valence-corrected chi connectivity index (χ1v) is 2.34. The Morgan fingerprint density at radius 2 is 2.57 bits per heavy atom. The maximum Gasteiger partial charge on any atom is 0.266 e. The standard InChI is InChI=1S/C3H3NO2S/c1-2-4-6-7-5-3-1/h1-3H. The molecule has 0 amide bonds. The molecule has 0 bridgehead atoms. The van der Waals surface area contributed by atoms with E-state index >= 15 is 0 Å². The molecule has 0 unspecified atom stereocenters. The van der Waals surface area contributed by atoms with E-state index in [0.29, 0.717) is 0 Å². The SMILES string of the molecule is c1cnosoc1. The Balaban J connectivity index is 3.06. The number of aromatic nitrogens is 1. The lowest BCUT2D eigenvalue weighted by Gasteiger charge is -1.56. The van der Waals surface area contributed by atoms with E-state index < -0.39 is 0 Å². The molecular weight excluding hydrogens is 114 g/mol. The molecule has 0 saturated carbocycles. The average molecular weight is 117 g/mol. The molecule has 1 rings (SSSR count). The van der Waals surface area contributed by atoms with Crippen molar-refractivity contribution in [3.05, 3.63) is 18.5 Å². The van der Waals surface area contributed by atoms with Crippen LogP contribution in [0.5, 0.6) is 0 Å². The number of nitrogens with zero attached hydrogens (tertiary/aromatic N) is 1. The van der Waals surface area contributed by atoms with Crippen LogP contribution in [-0.4, -0.2) is 5.16 Å². The van der Waals surface area contributed by atoms with Gasteiger partial charge in [0.2, 0.25) is 0 Å². The molecule has 0 aliphatic carbocycles. The zero-order valence-corrected chi connectivity index (χ0v) is 4.22. The van der Waals surface area contributed by atoms with Crippen molar-refractivity contribution in [2.24, 2.45) is 0 Å². The van der Waals surface area contributed by atoms with Crippen LogP contribution in [0.2, 0.25) is 0 Å². The van der Waals surface area contributed by atoms with Gasteiger partial charge >= 0.3 is 0 Å². The first kappa shape index (κ1) is 4.39. The van der Waals surface area contributed by atoms with E-state index in [-0.39, 0.29) is 0 Å². The van der Waals surface area contributed by atoms with Gasteiger partial charge in [0.15, 0.2) is 0 Å². The van der Waals surface area contributed by atoms with Crippen LogP contribution in [0.4, 0.5) is 0 Å². The summed E-state index contributed by atoms with van der Waals surface area (Å²) in [4.78, 5) is 0. The molecular formula is C3H3NO2S. The van der Waals surface area contributed by atoms with E-state index in [1.807, 2.05) is 0 Å². The Morgan fingerprint density at radius 1 is 1.57 bits per heavy atom. The van der Waals surface area contributed by atoms with Crippen molar-refractivity contribution in [1.29, 1.82) is 0 Å². The first-order valence-electron chi connectivity index (χ1n) is 1.68. The fraction of sp³-hybridized carbons (Fsp3) is 0. The summed E-state index contributed by atoms with van der Waals surface area (Å²) in [5, 5.41) is 3.40. The Morgan fingerprint density at radius 3 is 3.57 bits per heavy atom. The second-order valence-corrected chi connectivity index (χ2v) is 1.30. The van der Waals surface area contributed by atoms with Gasteiger partial charge < -0.3 is 3.85 Å². The number of hydrogen-bond donors (Lipinski definition) is 0.